The molecule has 0 aliphatic carbocycles. The minimum absolute atomic E-state index is 0.173. The van der Waals surface area contributed by atoms with Crippen LogP contribution in [0.5, 0.6) is 5.75 Å². The number of hydrogen-bond donors (Lipinski definition) is 1. The van der Waals surface area contributed by atoms with Crippen molar-refractivity contribution in [3.63, 3.8) is 0 Å². The van der Waals surface area contributed by atoms with Gasteiger partial charge in [0.05, 0.1) is 29.3 Å². The Morgan fingerprint density at radius 3 is 2.18 bits per heavy atom. The lowest BCUT2D eigenvalue weighted by molar-refractivity contribution is 0.0932. The molecule has 1 amide bonds. The van der Waals surface area contributed by atoms with E-state index in [-0.39, 0.29) is 16.8 Å². The molecule has 6 nitrogen and oxygen atoms in total. The number of carbonyl (C=O) groups is 1. The van der Waals surface area contributed by atoms with Crippen LogP contribution >= 0.6 is 0 Å². The molecule has 180 valence electrons. The Bertz CT molecular complexity index is 1220. The van der Waals surface area contributed by atoms with Gasteiger partial charge in [-0.05, 0) is 61.2 Å². The zero-order valence-electron chi connectivity index (χ0n) is 20.3. The molecule has 0 bridgehead atoms. The number of ether oxygens (including phenoxy) is 1. The van der Waals surface area contributed by atoms with Crippen LogP contribution in [0, 0.1) is 12.8 Å². The first-order valence-corrected chi connectivity index (χ1v) is 12.7. The van der Waals surface area contributed by atoms with E-state index in [0.717, 1.165) is 27.6 Å². The predicted molar refractivity (Wildman–Crippen MR) is 136 cm³/mol. The van der Waals surface area contributed by atoms with Gasteiger partial charge in [0.1, 0.15) is 5.75 Å². The third kappa shape index (κ3) is 5.78. The minimum Gasteiger partial charge on any atom is -0.497 e. The van der Waals surface area contributed by atoms with Crippen molar-refractivity contribution in [2.45, 2.75) is 38.1 Å². The molecule has 3 rings (SSSR count). The predicted octanol–water partition coefficient (Wildman–Crippen LogP) is 5.35. The third-order valence-corrected chi connectivity index (χ3v) is 7.48. The van der Waals surface area contributed by atoms with E-state index in [1.54, 1.807) is 55.6 Å². The molecule has 3 aromatic rings. The summed E-state index contributed by atoms with van der Waals surface area (Å²) in [5, 5.41) is 3.11. The number of aryl methyl sites for hydroxylation is 1. The molecule has 0 aromatic heterocycles. The minimum atomic E-state index is -3.83. The van der Waals surface area contributed by atoms with Crippen LogP contribution in [0.1, 0.15) is 47.8 Å². The number of benzene rings is 3. The molecule has 0 fully saturated rings. The largest absolute Gasteiger partial charge is 0.497 e. The molecule has 1 N–H and O–H groups in total. The Hall–Kier alpha value is -3.32. The number of hydrogen-bond acceptors (Lipinski definition) is 4. The fourth-order valence-corrected chi connectivity index (χ4v) is 4.97. The first-order valence-electron chi connectivity index (χ1n) is 11.2. The van der Waals surface area contributed by atoms with Crippen LogP contribution in [0.2, 0.25) is 0 Å². The van der Waals surface area contributed by atoms with Crippen LogP contribution in [0.4, 0.5) is 5.69 Å². The summed E-state index contributed by atoms with van der Waals surface area (Å²) in [5.74, 6) is 0.752. The molecule has 0 spiro atoms. The van der Waals surface area contributed by atoms with Crippen molar-refractivity contribution in [3.05, 3.63) is 89.5 Å². The van der Waals surface area contributed by atoms with Gasteiger partial charge in [0.25, 0.3) is 15.9 Å². The van der Waals surface area contributed by atoms with E-state index >= 15 is 0 Å². The number of methoxy groups -OCH3 is 1. The van der Waals surface area contributed by atoms with Crippen molar-refractivity contribution in [2.75, 3.05) is 18.5 Å². The maximum absolute atomic E-state index is 13.4. The zero-order chi connectivity index (χ0) is 24.9. The fraction of sp³-hybridized carbons (Fsp3) is 0.296. The van der Waals surface area contributed by atoms with E-state index in [2.05, 4.69) is 19.2 Å². The van der Waals surface area contributed by atoms with Crippen molar-refractivity contribution in [2.24, 2.45) is 5.92 Å². The second kappa shape index (κ2) is 10.7. The quantitative estimate of drug-likeness (QED) is 0.448. The maximum Gasteiger partial charge on any atom is 0.264 e. The normalized spacial score (nSPS) is 12.3. The molecule has 0 radical (unpaired) electrons. The lowest BCUT2D eigenvalue weighted by Gasteiger charge is -2.25. The summed E-state index contributed by atoms with van der Waals surface area (Å²) in [6.07, 6.45) is 0.734. The number of nitrogens with one attached hydrogen (secondary N) is 1. The van der Waals surface area contributed by atoms with E-state index in [1.165, 1.54) is 7.05 Å². The molecule has 0 heterocycles. The molecular formula is C27H32N2O4S. The van der Waals surface area contributed by atoms with E-state index in [4.69, 9.17) is 4.74 Å². The number of amides is 1. The van der Waals surface area contributed by atoms with Gasteiger partial charge in [0, 0.05) is 7.05 Å². The second-order valence-electron chi connectivity index (χ2n) is 8.73. The number of sulfonamides is 1. The van der Waals surface area contributed by atoms with Crippen molar-refractivity contribution in [1.82, 2.24) is 5.32 Å². The van der Waals surface area contributed by atoms with Gasteiger partial charge in [-0.2, -0.15) is 0 Å². The van der Waals surface area contributed by atoms with Gasteiger partial charge in [-0.1, -0.05) is 55.8 Å². The standard InChI is InChI=1S/C27H32N2O4S/c1-19(2)18-25(21-12-14-22(33-5)15-13-21)28-27(30)24-8-6-7-9-26(24)29(4)34(31,32)23-16-10-20(3)11-17-23/h6-17,19,25H,18H2,1-5H3,(H,28,30)/t25-/m1/s1. The fourth-order valence-electron chi connectivity index (χ4n) is 3.76. The monoisotopic (exact) mass is 480 g/mol. The average Bonchev–Trinajstić information content (AvgIpc) is 2.83. The van der Waals surface area contributed by atoms with Gasteiger partial charge in [-0.15, -0.1) is 0 Å². The van der Waals surface area contributed by atoms with Gasteiger partial charge in [-0.3, -0.25) is 9.10 Å². The molecule has 0 unspecified atom stereocenters. The van der Waals surface area contributed by atoms with E-state index in [9.17, 15) is 13.2 Å². The maximum atomic E-state index is 13.4. The number of rotatable bonds is 9. The summed E-state index contributed by atoms with van der Waals surface area (Å²) in [5.41, 5.74) is 2.54. The summed E-state index contributed by atoms with van der Waals surface area (Å²) in [4.78, 5) is 13.6. The van der Waals surface area contributed by atoms with Crippen molar-refractivity contribution >= 4 is 21.6 Å². The van der Waals surface area contributed by atoms with E-state index < -0.39 is 10.0 Å². The topological polar surface area (TPSA) is 75.7 Å². The third-order valence-electron chi connectivity index (χ3n) is 5.70. The summed E-state index contributed by atoms with van der Waals surface area (Å²) >= 11 is 0. The lowest BCUT2D eigenvalue weighted by atomic mass is 9.96. The highest BCUT2D eigenvalue weighted by Gasteiger charge is 2.26. The Labute approximate surface area is 202 Å². The van der Waals surface area contributed by atoms with Crippen LogP contribution in [0.25, 0.3) is 0 Å². The molecule has 0 saturated heterocycles. The smallest absolute Gasteiger partial charge is 0.264 e. The van der Waals surface area contributed by atoms with Gasteiger partial charge >= 0.3 is 0 Å². The van der Waals surface area contributed by atoms with E-state index in [1.807, 2.05) is 31.2 Å². The highest BCUT2D eigenvalue weighted by atomic mass is 32.2. The van der Waals surface area contributed by atoms with E-state index in [0.29, 0.717) is 17.2 Å². The van der Waals surface area contributed by atoms with Crippen LogP contribution in [0.3, 0.4) is 0 Å². The van der Waals surface area contributed by atoms with Crippen LogP contribution in [-0.4, -0.2) is 28.5 Å². The SMILES string of the molecule is COc1ccc([C@@H](CC(C)C)NC(=O)c2ccccc2N(C)S(=O)(=O)c2ccc(C)cc2)cc1. The van der Waals surface area contributed by atoms with Gasteiger partial charge < -0.3 is 10.1 Å². The molecule has 0 aliphatic rings. The number of anilines is 1. The number of para-hydroxylation sites is 1. The highest BCUT2D eigenvalue weighted by molar-refractivity contribution is 7.92. The van der Waals surface area contributed by atoms with Crippen molar-refractivity contribution < 1.29 is 17.9 Å². The zero-order valence-corrected chi connectivity index (χ0v) is 21.1. The van der Waals surface area contributed by atoms with Gasteiger partial charge in [-0.25, -0.2) is 8.42 Å². The Balaban J connectivity index is 1.92. The first kappa shape index (κ1) is 25.3. The van der Waals surface area contributed by atoms with Crippen LogP contribution in [0.15, 0.2) is 77.7 Å². The number of nitrogens with zero attached hydrogens (tertiary/aromatic N) is 1. The molecular weight excluding hydrogens is 448 g/mol. The van der Waals surface area contributed by atoms with Crippen LogP contribution < -0.4 is 14.4 Å². The second-order valence-corrected chi connectivity index (χ2v) is 10.7. The summed E-state index contributed by atoms with van der Waals surface area (Å²) in [6.45, 7) is 6.09. The molecule has 0 saturated carbocycles. The average molecular weight is 481 g/mol. The first-order chi connectivity index (χ1) is 16.1. The lowest BCUT2D eigenvalue weighted by Crippen LogP contribution is -2.33. The Morgan fingerprint density at radius 2 is 1.59 bits per heavy atom. The molecule has 34 heavy (non-hydrogen) atoms. The summed E-state index contributed by atoms with van der Waals surface area (Å²) in [6, 6.07) is 20.8. The van der Waals surface area contributed by atoms with Crippen molar-refractivity contribution in [1.29, 1.82) is 0 Å². The Morgan fingerprint density at radius 1 is 0.971 bits per heavy atom. The van der Waals surface area contributed by atoms with Gasteiger partial charge in [0.15, 0.2) is 0 Å². The number of carbonyl (C=O) groups excluding carboxylic acids is 1. The van der Waals surface area contributed by atoms with Crippen LogP contribution in [-0.2, 0) is 10.0 Å². The summed E-state index contributed by atoms with van der Waals surface area (Å²) < 4.78 is 32.9. The van der Waals surface area contributed by atoms with Crippen molar-refractivity contribution in [3.8, 4) is 5.75 Å². The Kier molecular flexibility index (Phi) is 7.99. The molecule has 1 atom stereocenters. The molecule has 0 aliphatic heterocycles. The van der Waals surface area contributed by atoms with Gasteiger partial charge in [0.2, 0.25) is 0 Å². The molecule has 3 aromatic carbocycles. The molecule has 7 heteroatoms. The highest BCUT2D eigenvalue weighted by Crippen LogP contribution is 2.28. The summed E-state index contributed by atoms with van der Waals surface area (Å²) in [7, 11) is -0.752.